The van der Waals surface area contributed by atoms with E-state index in [1.807, 2.05) is 12.1 Å². The van der Waals surface area contributed by atoms with Crippen LogP contribution in [0.15, 0.2) is 53.5 Å². The minimum atomic E-state index is -4.79. The van der Waals surface area contributed by atoms with Crippen LogP contribution in [0.4, 0.5) is 18.9 Å². The largest absolute Gasteiger partial charge is 0.573 e. The monoisotopic (exact) mass is 511 g/mol. The third-order valence-electron chi connectivity index (χ3n) is 3.29. The summed E-state index contributed by atoms with van der Waals surface area (Å²) in [5.74, 6) is 0.276. The molecule has 0 fully saturated rings. The van der Waals surface area contributed by atoms with Gasteiger partial charge in [0.1, 0.15) is 12.4 Å². The minimum Gasteiger partial charge on any atom is -0.491 e. The van der Waals surface area contributed by atoms with Crippen LogP contribution in [0.5, 0.6) is 11.5 Å². The van der Waals surface area contributed by atoms with Crippen molar-refractivity contribution in [2.45, 2.75) is 12.9 Å². The third kappa shape index (κ3) is 8.65. The summed E-state index contributed by atoms with van der Waals surface area (Å²) >= 11 is 0. The van der Waals surface area contributed by atoms with Crippen molar-refractivity contribution in [3.05, 3.63) is 54.1 Å². The van der Waals surface area contributed by atoms with Crippen molar-refractivity contribution in [1.29, 1.82) is 0 Å². The molecule has 0 heterocycles. The first-order valence-corrected chi connectivity index (χ1v) is 8.00. The van der Waals surface area contributed by atoms with E-state index in [0.29, 0.717) is 19.0 Å². The van der Waals surface area contributed by atoms with E-state index < -0.39 is 6.36 Å². The van der Waals surface area contributed by atoms with Gasteiger partial charge in [0.05, 0.1) is 18.8 Å². The predicted octanol–water partition coefficient (Wildman–Crippen LogP) is 4.16. The lowest BCUT2D eigenvalue weighted by molar-refractivity contribution is -0.274. The first kappa shape index (κ1) is 23.8. The molecule has 0 radical (unpaired) electrons. The Hall–Kier alpha value is -2.21. The summed E-state index contributed by atoms with van der Waals surface area (Å²) in [5, 5.41) is 2.61. The lowest BCUT2D eigenvalue weighted by Crippen LogP contribution is -2.24. The van der Waals surface area contributed by atoms with Crippen LogP contribution in [0.1, 0.15) is 5.56 Å². The minimum absolute atomic E-state index is 0. The van der Waals surface area contributed by atoms with Gasteiger partial charge >= 0.3 is 6.36 Å². The van der Waals surface area contributed by atoms with Gasteiger partial charge in [-0.2, -0.15) is 0 Å². The fourth-order valence-electron chi connectivity index (χ4n) is 2.07. The molecule has 2 aromatic carbocycles. The molecular formula is C18H21F3IN3O3. The smallest absolute Gasteiger partial charge is 0.491 e. The second-order valence-electron chi connectivity index (χ2n) is 5.36. The van der Waals surface area contributed by atoms with Gasteiger partial charge in [0.2, 0.25) is 0 Å². The van der Waals surface area contributed by atoms with Crippen molar-refractivity contribution in [3.63, 3.8) is 0 Å². The first-order valence-electron chi connectivity index (χ1n) is 8.00. The van der Waals surface area contributed by atoms with Gasteiger partial charge in [-0.15, -0.1) is 37.1 Å². The van der Waals surface area contributed by atoms with E-state index in [1.54, 1.807) is 25.3 Å². The molecule has 10 heteroatoms. The zero-order valence-electron chi connectivity index (χ0n) is 15.0. The Bertz CT molecular complexity index is 756. The molecule has 0 atom stereocenters. The molecule has 0 saturated heterocycles. The van der Waals surface area contributed by atoms with Crippen LogP contribution in [0.3, 0.4) is 0 Å². The van der Waals surface area contributed by atoms with Crippen molar-refractivity contribution in [1.82, 2.24) is 0 Å². The highest BCUT2D eigenvalue weighted by atomic mass is 127. The molecule has 0 bridgehead atoms. The molecule has 0 aromatic heterocycles. The lowest BCUT2D eigenvalue weighted by atomic mass is 10.2. The first-order chi connectivity index (χ1) is 12.9. The Morgan fingerprint density at radius 3 is 2.39 bits per heavy atom. The van der Waals surface area contributed by atoms with Gasteiger partial charge in [-0.1, -0.05) is 24.3 Å². The van der Waals surface area contributed by atoms with Gasteiger partial charge in [0.15, 0.2) is 11.7 Å². The second kappa shape index (κ2) is 11.6. The molecule has 2 rings (SSSR count). The average Bonchev–Trinajstić information content (AvgIpc) is 2.62. The van der Waals surface area contributed by atoms with Crippen LogP contribution in [0, 0.1) is 0 Å². The highest BCUT2D eigenvalue weighted by Gasteiger charge is 2.32. The average molecular weight is 511 g/mol. The van der Waals surface area contributed by atoms with E-state index in [4.69, 9.17) is 15.2 Å². The van der Waals surface area contributed by atoms with E-state index >= 15 is 0 Å². The zero-order valence-corrected chi connectivity index (χ0v) is 17.4. The number of nitrogens with one attached hydrogen (secondary N) is 1. The van der Waals surface area contributed by atoms with Gasteiger partial charge < -0.3 is 25.3 Å². The highest BCUT2D eigenvalue weighted by molar-refractivity contribution is 14.0. The summed E-state index contributed by atoms with van der Waals surface area (Å²) < 4.78 is 51.6. The van der Waals surface area contributed by atoms with Gasteiger partial charge in [-0.3, -0.25) is 0 Å². The van der Waals surface area contributed by atoms with E-state index in [0.717, 1.165) is 5.56 Å². The summed E-state index contributed by atoms with van der Waals surface area (Å²) in [6.45, 7) is 1.19. The standard InChI is InChI=1S/C18H20F3N3O3.HI/c1-25-10-11-26-14-8-6-13(7-9-14)12-23-17(22)24-15-4-2-3-5-16(15)27-18(19,20)21;/h2-9H,10-12H2,1H3,(H3,22,23,24);1H. The highest BCUT2D eigenvalue weighted by Crippen LogP contribution is 2.29. The number of rotatable bonds is 8. The number of nitrogens with two attached hydrogens (primary N) is 1. The van der Waals surface area contributed by atoms with Crippen molar-refractivity contribution in [3.8, 4) is 11.5 Å². The normalized spacial score (nSPS) is 11.5. The summed E-state index contributed by atoms with van der Waals surface area (Å²) in [7, 11) is 1.59. The predicted molar refractivity (Wildman–Crippen MR) is 111 cm³/mol. The summed E-state index contributed by atoms with van der Waals surface area (Å²) in [6, 6.07) is 12.8. The molecule has 0 spiro atoms. The lowest BCUT2D eigenvalue weighted by Gasteiger charge is -2.14. The maximum absolute atomic E-state index is 12.4. The van der Waals surface area contributed by atoms with Crippen molar-refractivity contribution in [2.24, 2.45) is 10.7 Å². The number of halogens is 4. The quantitative estimate of drug-likeness (QED) is 0.241. The topological polar surface area (TPSA) is 78.1 Å². The Balaban J connectivity index is 0.00000392. The Morgan fingerprint density at radius 1 is 1.07 bits per heavy atom. The number of nitrogens with zero attached hydrogens (tertiary/aromatic N) is 1. The fourth-order valence-corrected chi connectivity index (χ4v) is 2.07. The fraction of sp³-hybridized carbons (Fsp3) is 0.278. The molecule has 0 amide bonds. The third-order valence-corrected chi connectivity index (χ3v) is 3.29. The molecule has 3 N–H and O–H groups in total. The van der Waals surface area contributed by atoms with Crippen LogP contribution >= 0.6 is 24.0 Å². The maximum atomic E-state index is 12.4. The zero-order chi connectivity index (χ0) is 19.7. The number of aliphatic imine (C=N–C) groups is 1. The summed E-state index contributed by atoms with van der Waals surface area (Å²) in [5.41, 5.74) is 6.69. The van der Waals surface area contributed by atoms with E-state index in [1.165, 1.54) is 18.2 Å². The molecule has 0 aliphatic carbocycles. The molecule has 0 aliphatic heterocycles. The molecule has 6 nitrogen and oxygen atoms in total. The van der Waals surface area contributed by atoms with Gasteiger partial charge in [0.25, 0.3) is 0 Å². The number of alkyl halides is 3. The van der Waals surface area contributed by atoms with Crippen LogP contribution in [0.25, 0.3) is 0 Å². The van der Waals surface area contributed by atoms with Crippen molar-refractivity contribution in [2.75, 3.05) is 25.6 Å². The van der Waals surface area contributed by atoms with Gasteiger partial charge in [-0.05, 0) is 29.8 Å². The maximum Gasteiger partial charge on any atom is 0.573 e. The van der Waals surface area contributed by atoms with Crippen molar-refractivity contribution >= 4 is 35.6 Å². The number of para-hydroxylation sites is 2. The van der Waals surface area contributed by atoms with E-state index in [9.17, 15) is 13.2 Å². The number of methoxy groups -OCH3 is 1. The Labute approximate surface area is 177 Å². The molecule has 0 unspecified atom stereocenters. The number of guanidine groups is 1. The molecule has 2 aromatic rings. The molecule has 0 saturated carbocycles. The molecule has 0 aliphatic rings. The SMILES string of the molecule is COCCOc1ccc(CN=C(N)Nc2ccccc2OC(F)(F)F)cc1.I. The van der Waals surface area contributed by atoms with Crippen LogP contribution in [0.2, 0.25) is 0 Å². The Morgan fingerprint density at radius 2 is 1.75 bits per heavy atom. The summed E-state index contributed by atoms with van der Waals surface area (Å²) in [4.78, 5) is 4.12. The van der Waals surface area contributed by atoms with Crippen molar-refractivity contribution < 1.29 is 27.4 Å². The number of anilines is 1. The van der Waals surface area contributed by atoms with Crippen LogP contribution in [-0.2, 0) is 11.3 Å². The molecule has 154 valence electrons. The van der Waals surface area contributed by atoms with Crippen LogP contribution < -0.4 is 20.5 Å². The molecular weight excluding hydrogens is 490 g/mol. The van der Waals surface area contributed by atoms with Gasteiger partial charge in [-0.25, -0.2) is 4.99 Å². The second-order valence-corrected chi connectivity index (χ2v) is 5.36. The van der Waals surface area contributed by atoms with Crippen LogP contribution in [-0.4, -0.2) is 32.6 Å². The summed E-state index contributed by atoms with van der Waals surface area (Å²) in [6.07, 6.45) is -4.79. The Kier molecular flexibility index (Phi) is 9.87. The number of hydrogen-bond donors (Lipinski definition) is 2. The van der Waals surface area contributed by atoms with E-state index in [-0.39, 0.29) is 47.9 Å². The number of benzene rings is 2. The number of ether oxygens (including phenoxy) is 3. The number of hydrogen-bond acceptors (Lipinski definition) is 4. The van der Waals surface area contributed by atoms with Gasteiger partial charge in [0, 0.05) is 7.11 Å². The molecule has 28 heavy (non-hydrogen) atoms. The van der Waals surface area contributed by atoms with E-state index in [2.05, 4.69) is 15.0 Å².